The maximum Gasteiger partial charge on any atom is 0.410 e. The molecule has 2 aliphatic rings. The van der Waals surface area contributed by atoms with Crippen LogP contribution in [0.1, 0.15) is 62.9 Å². The average molecular weight is 578 g/mol. The van der Waals surface area contributed by atoms with Crippen molar-refractivity contribution >= 4 is 41.1 Å². The summed E-state index contributed by atoms with van der Waals surface area (Å²) in [5.41, 5.74) is 0.866. The number of ether oxygens (including phenoxy) is 2. The van der Waals surface area contributed by atoms with Gasteiger partial charge in [0.1, 0.15) is 10.6 Å². The zero-order valence-corrected chi connectivity index (χ0v) is 24.1. The van der Waals surface area contributed by atoms with Crippen molar-refractivity contribution in [2.24, 2.45) is 5.41 Å². The SMILES string of the molecule is CC[C@@H](Oc1ncc(Cl)cc1Cl)C(=O)NCc1cccc(C(=O)NC2CC3(C2)CN(C(=O)OC(C)(C)C)C3)c1. The van der Waals surface area contributed by atoms with Gasteiger partial charge in [-0.25, -0.2) is 9.78 Å². The Morgan fingerprint density at radius 2 is 1.90 bits per heavy atom. The van der Waals surface area contributed by atoms with Crippen LogP contribution in [0.25, 0.3) is 0 Å². The van der Waals surface area contributed by atoms with Gasteiger partial charge in [0.25, 0.3) is 11.8 Å². The fourth-order valence-corrected chi connectivity index (χ4v) is 5.33. The number of hydrogen-bond acceptors (Lipinski definition) is 6. The van der Waals surface area contributed by atoms with Crippen LogP contribution in [-0.4, -0.2) is 58.6 Å². The number of pyridine rings is 1. The van der Waals surface area contributed by atoms with Gasteiger partial charge in [0.2, 0.25) is 5.88 Å². The molecule has 2 N–H and O–H groups in total. The minimum absolute atomic E-state index is 0.0670. The Morgan fingerprint density at radius 3 is 2.54 bits per heavy atom. The summed E-state index contributed by atoms with van der Waals surface area (Å²) in [7, 11) is 0. The van der Waals surface area contributed by atoms with Gasteiger partial charge in [0.15, 0.2) is 6.10 Å². The zero-order chi connectivity index (χ0) is 28.4. The summed E-state index contributed by atoms with van der Waals surface area (Å²) in [6.07, 6.45) is 2.40. The second-order valence-corrected chi connectivity index (χ2v) is 12.1. The number of carbonyl (C=O) groups is 3. The standard InChI is InChI=1S/C28H34Cl2N4O5/c1-5-22(38-25-21(30)10-19(29)14-32-25)24(36)31-13-17-7-6-8-18(9-17)23(35)33-20-11-28(12-20)15-34(16-28)26(37)39-27(2,3)4/h6-10,14,20,22H,5,11-13,15-16H2,1-4H3,(H,31,36)(H,33,35)/t22-/m1/s1. The molecule has 1 saturated carbocycles. The van der Waals surface area contributed by atoms with E-state index in [9.17, 15) is 14.4 Å². The molecule has 11 heteroatoms. The highest BCUT2D eigenvalue weighted by Crippen LogP contribution is 2.48. The molecule has 9 nitrogen and oxygen atoms in total. The number of rotatable bonds is 8. The van der Waals surface area contributed by atoms with Gasteiger partial charge in [-0.15, -0.1) is 0 Å². The summed E-state index contributed by atoms with van der Waals surface area (Å²) in [6.45, 7) is 8.93. The number of halogens is 2. The van der Waals surface area contributed by atoms with Crippen LogP contribution >= 0.6 is 23.2 Å². The van der Waals surface area contributed by atoms with Crippen LogP contribution in [0.3, 0.4) is 0 Å². The van der Waals surface area contributed by atoms with Crippen LogP contribution in [0.15, 0.2) is 36.5 Å². The normalized spacial score (nSPS) is 17.0. The third kappa shape index (κ3) is 7.33. The number of benzene rings is 1. The summed E-state index contributed by atoms with van der Waals surface area (Å²) in [4.78, 5) is 43.5. The van der Waals surface area contributed by atoms with Crippen LogP contribution in [0.5, 0.6) is 5.88 Å². The summed E-state index contributed by atoms with van der Waals surface area (Å²) < 4.78 is 11.1. The number of carbonyl (C=O) groups excluding carboxylic acids is 3. The molecule has 2 aromatic rings. The van der Waals surface area contributed by atoms with Gasteiger partial charge in [0.05, 0.1) is 5.02 Å². The van der Waals surface area contributed by atoms with Crippen molar-refractivity contribution < 1.29 is 23.9 Å². The molecule has 0 bridgehead atoms. The Bertz CT molecular complexity index is 1230. The van der Waals surface area contributed by atoms with Crippen molar-refractivity contribution in [2.75, 3.05) is 13.1 Å². The lowest BCUT2D eigenvalue weighted by Crippen LogP contribution is -2.67. The molecule has 210 valence electrons. The first kappa shape index (κ1) is 29.0. The summed E-state index contributed by atoms with van der Waals surface area (Å²) in [5.74, 6) is -0.343. The van der Waals surface area contributed by atoms with E-state index in [0.717, 1.165) is 18.4 Å². The van der Waals surface area contributed by atoms with Gasteiger partial charge in [-0.05, 0) is 63.8 Å². The number of hydrogen-bond donors (Lipinski definition) is 2. The number of nitrogens with zero attached hydrogens (tertiary/aromatic N) is 2. The van der Waals surface area contributed by atoms with Gasteiger partial charge in [-0.1, -0.05) is 42.3 Å². The summed E-state index contributed by atoms with van der Waals surface area (Å²) in [5, 5.41) is 6.53. The molecule has 1 spiro atoms. The largest absolute Gasteiger partial charge is 0.463 e. The zero-order valence-electron chi connectivity index (χ0n) is 22.6. The van der Waals surface area contributed by atoms with E-state index in [1.807, 2.05) is 33.8 Å². The minimum atomic E-state index is -0.786. The lowest BCUT2D eigenvalue weighted by atomic mass is 9.60. The summed E-state index contributed by atoms with van der Waals surface area (Å²) in [6, 6.07) is 8.70. The van der Waals surface area contributed by atoms with E-state index in [2.05, 4.69) is 15.6 Å². The molecule has 1 saturated heterocycles. The highest BCUT2D eigenvalue weighted by Gasteiger charge is 2.54. The molecule has 1 aromatic carbocycles. The van der Waals surface area contributed by atoms with E-state index in [-0.39, 0.29) is 46.8 Å². The minimum Gasteiger partial charge on any atom is -0.463 e. The molecule has 2 fully saturated rings. The molecule has 4 rings (SSSR count). The van der Waals surface area contributed by atoms with E-state index in [4.69, 9.17) is 32.7 Å². The molecule has 0 radical (unpaired) electrons. The Labute approximate surface area is 238 Å². The topological polar surface area (TPSA) is 110 Å². The molecule has 1 aliphatic carbocycles. The van der Waals surface area contributed by atoms with Crippen molar-refractivity contribution in [3.8, 4) is 5.88 Å². The first-order chi connectivity index (χ1) is 18.4. The lowest BCUT2D eigenvalue weighted by Gasteiger charge is -2.58. The van der Waals surface area contributed by atoms with Crippen LogP contribution in [0.4, 0.5) is 4.79 Å². The molecular weight excluding hydrogens is 543 g/mol. The number of nitrogens with one attached hydrogen (secondary N) is 2. The molecule has 1 aliphatic heterocycles. The number of aromatic nitrogens is 1. The van der Waals surface area contributed by atoms with E-state index in [1.54, 1.807) is 23.1 Å². The van der Waals surface area contributed by atoms with Gasteiger partial charge >= 0.3 is 6.09 Å². The molecule has 0 unspecified atom stereocenters. The first-order valence-corrected chi connectivity index (χ1v) is 13.8. The molecular formula is C28H34Cl2N4O5. The second-order valence-electron chi connectivity index (χ2n) is 11.3. The highest BCUT2D eigenvalue weighted by atomic mass is 35.5. The van der Waals surface area contributed by atoms with E-state index >= 15 is 0 Å². The number of likely N-dealkylation sites (tertiary alicyclic amines) is 1. The van der Waals surface area contributed by atoms with Crippen LogP contribution in [0.2, 0.25) is 10.0 Å². The third-order valence-corrected chi connectivity index (χ3v) is 7.22. The fraction of sp³-hybridized carbons (Fsp3) is 0.500. The van der Waals surface area contributed by atoms with Crippen molar-refractivity contribution in [1.82, 2.24) is 20.5 Å². The van der Waals surface area contributed by atoms with E-state index < -0.39 is 11.7 Å². The van der Waals surface area contributed by atoms with Gasteiger partial charge in [-0.3, -0.25) is 9.59 Å². The quantitative estimate of drug-likeness (QED) is 0.458. The highest BCUT2D eigenvalue weighted by molar-refractivity contribution is 6.35. The Balaban J connectivity index is 1.23. The van der Waals surface area contributed by atoms with Crippen LogP contribution in [-0.2, 0) is 16.1 Å². The number of amides is 3. The van der Waals surface area contributed by atoms with Gasteiger partial charge in [0, 0.05) is 42.9 Å². The maximum atomic E-state index is 12.9. The van der Waals surface area contributed by atoms with Crippen molar-refractivity contribution in [3.63, 3.8) is 0 Å². The third-order valence-electron chi connectivity index (χ3n) is 6.75. The monoisotopic (exact) mass is 576 g/mol. The summed E-state index contributed by atoms with van der Waals surface area (Å²) >= 11 is 12.0. The second kappa shape index (κ2) is 11.6. The van der Waals surface area contributed by atoms with E-state index in [0.29, 0.717) is 30.1 Å². The van der Waals surface area contributed by atoms with Crippen LogP contribution in [0, 0.1) is 5.41 Å². The first-order valence-electron chi connectivity index (χ1n) is 13.0. The molecule has 1 aromatic heterocycles. The van der Waals surface area contributed by atoms with E-state index in [1.165, 1.54) is 12.3 Å². The van der Waals surface area contributed by atoms with Crippen molar-refractivity contribution in [2.45, 2.75) is 71.2 Å². The van der Waals surface area contributed by atoms with Gasteiger partial charge < -0.3 is 25.0 Å². The van der Waals surface area contributed by atoms with Crippen molar-refractivity contribution in [3.05, 3.63) is 57.7 Å². The maximum absolute atomic E-state index is 12.9. The van der Waals surface area contributed by atoms with Gasteiger partial charge in [-0.2, -0.15) is 0 Å². The average Bonchev–Trinajstić information content (AvgIpc) is 2.81. The molecule has 2 heterocycles. The fourth-order valence-electron chi connectivity index (χ4n) is 4.90. The predicted molar refractivity (Wildman–Crippen MR) is 148 cm³/mol. The molecule has 39 heavy (non-hydrogen) atoms. The smallest absolute Gasteiger partial charge is 0.410 e. The Morgan fingerprint density at radius 1 is 1.18 bits per heavy atom. The molecule has 3 amide bonds. The van der Waals surface area contributed by atoms with Crippen molar-refractivity contribution in [1.29, 1.82) is 0 Å². The predicted octanol–water partition coefficient (Wildman–Crippen LogP) is 4.99. The lowest BCUT2D eigenvalue weighted by molar-refractivity contribution is -0.128. The Kier molecular flexibility index (Phi) is 8.61. The molecule has 1 atom stereocenters. The Hall–Kier alpha value is -3.04. The van der Waals surface area contributed by atoms with Crippen LogP contribution < -0.4 is 15.4 Å².